The van der Waals surface area contributed by atoms with Crippen LogP contribution in [-0.4, -0.2) is 35.5 Å². The van der Waals surface area contributed by atoms with Crippen LogP contribution >= 0.6 is 0 Å². The molecule has 0 spiro atoms. The minimum absolute atomic E-state index is 0.0135. The number of ether oxygens (including phenoxy) is 1. The number of carbonyl (C=O) groups is 1. The van der Waals surface area contributed by atoms with Crippen LogP contribution in [0.1, 0.15) is 61.6 Å². The minimum atomic E-state index is -0.748. The molecule has 0 saturated carbocycles. The Morgan fingerprint density at radius 2 is 1.92 bits per heavy atom. The molecule has 138 valence electrons. The SMILES string of the molecule is COC(=O)CC(O)CCC(O)CCC1c2ccc(C)cc2C=CC1C. The summed E-state index contributed by atoms with van der Waals surface area (Å²) in [5, 5.41) is 20.0. The molecule has 0 bridgehead atoms. The molecule has 2 N–H and O–H groups in total. The van der Waals surface area contributed by atoms with Gasteiger partial charge in [-0.3, -0.25) is 4.79 Å². The van der Waals surface area contributed by atoms with Gasteiger partial charge in [-0.1, -0.05) is 42.8 Å². The molecule has 0 radical (unpaired) electrons. The number of rotatable bonds is 8. The van der Waals surface area contributed by atoms with E-state index in [9.17, 15) is 15.0 Å². The number of aryl methyl sites for hydroxylation is 1. The zero-order chi connectivity index (χ0) is 18.4. The maximum atomic E-state index is 11.1. The van der Waals surface area contributed by atoms with E-state index in [1.54, 1.807) is 0 Å². The molecule has 2 rings (SSSR count). The fourth-order valence-electron chi connectivity index (χ4n) is 3.55. The summed E-state index contributed by atoms with van der Waals surface area (Å²) in [6.45, 7) is 4.32. The number of hydrogen-bond donors (Lipinski definition) is 2. The highest BCUT2D eigenvalue weighted by molar-refractivity contribution is 5.69. The van der Waals surface area contributed by atoms with Gasteiger partial charge in [0.15, 0.2) is 0 Å². The molecule has 0 aliphatic heterocycles. The van der Waals surface area contributed by atoms with Crippen molar-refractivity contribution < 1.29 is 19.7 Å². The summed E-state index contributed by atoms with van der Waals surface area (Å²) in [5.74, 6) is 0.444. The number of fused-ring (bicyclic) bond motifs is 1. The highest BCUT2D eigenvalue weighted by Gasteiger charge is 2.24. The van der Waals surface area contributed by atoms with E-state index in [0.717, 1.165) is 6.42 Å². The van der Waals surface area contributed by atoms with Crippen molar-refractivity contribution in [2.24, 2.45) is 5.92 Å². The standard InChI is InChI=1S/C21H30O4/c1-14-4-10-20-16(12-14)6-5-15(2)19(20)11-9-17(22)7-8-18(23)13-21(24)25-3/h4-6,10,12,15,17-19,22-23H,7-9,11,13H2,1-3H3. The number of aliphatic hydroxyl groups is 2. The van der Waals surface area contributed by atoms with E-state index < -0.39 is 18.2 Å². The Bertz CT molecular complexity index is 608. The lowest BCUT2D eigenvalue weighted by atomic mass is 9.77. The first-order valence-electron chi connectivity index (χ1n) is 9.12. The summed E-state index contributed by atoms with van der Waals surface area (Å²) >= 11 is 0. The third kappa shape index (κ3) is 5.68. The lowest BCUT2D eigenvalue weighted by Gasteiger charge is -2.28. The number of allylic oxidation sites excluding steroid dienone is 1. The molecule has 0 amide bonds. The Morgan fingerprint density at radius 3 is 2.64 bits per heavy atom. The molecule has 1 aliphatic carbocycles. The van der Waals surface area contributed by atoms with Gasteiger partial charge in [0.1, 0.15) is 0 Å². The summed E-state index contributed by atoms with van der Waals surface area (Å²) in [6, 6.07) is 6.57. The topological polar surface area (TPSA) is 66.8 Å². The molecule has 1 aliphatic rings. The first-order chi connectivity index (χ1) is 11.9. The van der Waals surface area contributed by atoms with Crippen molar-refractivity contribution in [3.05, 3.63) is 41.0 Å². The highest BCUT2D eigenvalue weighted by Crippen LogP contribution is 2.38. The monoisotopic (exact) mass is 346 g/mol. The quantitative estimate of drug-likeness (QED) is 0.706. The first-order valence-corrected chi connectivity index (χ1v) is 9.12. The van der Waals surface area contributed by atoms with Crippen LogP contribution in [0.4, 0.5) is 0 Å². The molecule has 0 saturated heterocycles. The Labute approximate surface area is 150 Å². The van der Waals surface area contributed by atoms with Crippen molar-refractivity contribution >= 4 is 12.0 Å². The van der Waals surface area contributed by atoms with E-state index in [0.29, 0.717) is 31.1 Å². The number of methoxy groups -OCH3 is 1. The number of carbonyl (C=O) groups excluding carboxylic acids is 1. The Kier molecular flexibility index (Phi) is 7.21. The molecule has 0 fully saturated rings. The van der Waals surface area contributed by atoms with Crippen LogP contribution in [0.5, 0.6) is 0 Å². The maximum Gasteiger partial charge on any atom is 0.308 e. The van der Waals surface area contributed by atoms with Crippen LogP contribution in [0.3, 0.4) is 0 Å². The van der Waals surface area contributed by atoms with E-state index in [4.69, 9.17) is 0 Å². The zero-order valence-corrected chi connectivity index (χ0v) is 15.4. The van der Waals surface area contributed by atoms with Gasteiger partial charge in [-0.15, -0.1) is 0 Å². The highest BCUT2D eigenvalue weighted by atomic mass is 16.5. The van der Waals surface area contributed by atoms with Crippen LogP contribution in [0, 0.1) is 12.8 Å². The number of hydrogen-bond acceptors (Lipinski definition) is 4. The summed E-state index contributed by atoms with van der Waals surface area (Å²) < 4.78 is 4.54. The predicted molar refractivity (Wildman–Crippen MR) is 99.2 cm³/mol. The Hall–Kier alpha value is -1.65. The van der Waals surface area contributed by atoms with Gasteiger partial charge in [-0.25, -0.2) is 0 Å². The summed E-state index contributed by atoms with van der Waals surface area (Å²) in [6.07, 6.45) is 5.74. The molecule has 4 unspecified atom stereocenters. The molecule has 1 aromatic rings. The third-order valence-electron chi connectivity index (χ3n) is 5.13. The average Bonchev–Trinajstić information content (AvgIpc) is 2.59. The van der Waals surface area contributed by atoms with E-state index in [2.05, 4.69) is 48.9 Å². The first kappa shape index (κ1) is 19.7. The second-order valence-corrected chi connectivity index (χ2v) is 7.20. The number of aliphatic hydroxyl groups excluding tert-OH is 2. The minimum Gasteiger partial charge on any atom is -0.469 e. The van der Waals surface area contributed by atoms with Crippen molar-refractivity contribution in [2.75, 3.05) is 7.11 Å². The molecular formula is C21H30O4. The Balaban J connectivity index is 1.84. The average molecular weight is 346 g/mol. The van der Waals surface area contributed by atoms with Crippen molar-refractivity contribution in [1.82, 2.24) is 0 Å². The molecule has 4 heteroatoms. The molecule has 1 aromatic carbocycles. The summed E-state index contributed by atoms with van der Waals surface area (Å²) in [5.41, 5.74) is 3.90. The van der Waals surface area contributed by atoms with Crippen LogP contribution in [0.15, 0.2) is 24.3 Å². The summed E-state index contributed by atoms with van der Waals surface area (Å²) in [4.78, 5) is 11.1. The van der Waals surface area contributed by atoms with Crippen LogP contribution in [0.25, 0.3) is 6.08 Å². The van der Waals surface area contributed by atoms with E-state index in [1.165, 1.54) is 23.8 Å². The molecule has 0 heterocycles. The normalized spacial score (nSPS) is 21.5. The van der Waals surface area contributed by atoms with Gasteiger partial charge in [0.2, 0.25) is 0 Å². The van der Waals surface area contributed by atoms with E-state index >= 15 is 0 Å². The second-order valence-electron chi connectivity index (χ2n) is 7.20. The van der Waals surface area contributed by atoms with Gasteiger partial charge in [-0.2, -0.15) is 0 Å². The fraction of sp³-hybridized carbons (Fsp3) is 0.571. The molecule has 25 heavy (non-hydrogen) atoms. The Morgan fingerprint density at radius 1 is 1.20 bits per heavy atom. The summed E-state index contributed by atoms with van der Waals surface area (Å²) in [7, 11) is 1.31. The van der Waals surface area contributed by atoms with Crippen LogP contribution in [0.2, 0.25) is 0 Å². The largest absolute Gasteiger partial charge is 0.469 e. The van der Waals surface area contributed by atoms with Crippen molar-refractivity contribution in [3.63, 3.8) is 0 Å². The lowest BCUT2D eigenvalue weighted by Crippen LogP contribution is -2.19. The van der Waals surface area contributed by atoms with E-state index in [-0.39, 0.29) is 6.42 Å². The van der Waals surface area contributed by atoms with Crippen LogP contribution < -0.4 is 0 Å². The third-order valence-corrected chi connectivity index (χ3v) is 5.13. The molecule has 4 atom stereocenters. The lowest BCUT2D eigenvalue weighted by molar-refractivity contribution is -0.142. The van der Waals surface area contributed by atoms with E-state index in [1.807, 2.05) is 0 Å². The molecular weight excluding hydrogens is 316 g/mol. The molecule has 0 aromatic heterocycles. The van der Waals surface area contributed by atoms with Crippen molar-refractivity contribution in [1.29, 1.82) is 0 Å². The predicted octanol–water partition coefficient (Wildman–Crippen LogP) is 3.59. The van der Waals surface area contributed by atoms with Gasteiger partial charge in [0, 0.05) is 0 Å². The van der Waals surface area contributed by atoms with Gasteiger partial charge in [-0.05, 0) is 55.6 Å². The van der Waals surface area contributed by atoms with Crippen molar-refractivity contribution in [3.8, 4) is 0 Å². The number of esters is 1. The van der Waals surface area contributed by atoms with Gasteiger partial charge in [0.25, 0.3) is 0 Å². The van der Waals surface area contributed by atoms with Gasteiger partial charge >= 0.3 is 5.97 Å². The van der Waals surface area contributed by atoms with Crippen molar-refractivity contribution in [2.45, 2.75) is 64.1 Å². The van der Waals surface area contributed by atoms with Gasteiger partial charge in [0.05, 0.1) is 25.7 Å². The molecule has 4 nitrogen and oxygen atoms in total. The second kappa shape index (κ2) is 9.16. The van der Waals surface area contributed by atoms with Crippen LogP contribution in [-0.2, 0) is 9.53 Å². The fourth-order valence-corrected chi connectivity index (χ4v) is 3.55. The zero-order valence-electron chi connectivity index (χ0n) is 15.4. The maximum absolute atomic E-state index is 11.1. The van der Waals surface area contributed by atoms with Gasteiger partial charge < -0.3 is 14.9 Å². The smallest absolute Gasteiger partial charge is 0.308 e. The number of benzene rings is 1.